The molecule has 0 rings (SSSR count). The average Bonchev–Trinajstić information content (AvgIpc) is 1.87. The Hall–Kier alpha value is -0.110. The quantitative estimate of drug-likeness (QED) is 0.658. The molecule has 2 N–H and O–H groups in total. The van der Waals surface area contributed by atoms with Gasteiger partial charge in [-0.05, 0) is 18.8 Å². The molecule has 0 radical (unpaired) electrons. The number of hydrogen-bond acceptors (Lipinski definition) is 1. The van der Waals surface area contributed by atoms with Crippen molar-refractivity contribution < 1.29 is 4.39 Å². The Bertz CT molecular complexity index is 104. The summed E-state index contributed by atoms with van der Waals surface area (Å²) in [5.41, 5.74) is 5.28. The van der Waals surface area contributed by atoms with E-state index in [0.29, 0.717) is 5.92 Å². The molecule has 1 nitrogen and oxygen atoms in total. The van der Waals surface area contributed by atoms with Crippen LogP contribution < -0.4 is 5.73 Å². The van der Waals surface area contributed by atoms with Gasteiger partial charge in [0.1, 0.15) is 6.67 Å². The van der Waals surface area contributed by atoms with Gasteiger partial charge in [0.25, 0.3) is 0 Å². The lowest BCUT2D eigenvalue weighted by Crippen LogP contribution is -2.43. The molecular formula is C9H20FN. The first-order valence-corrected chi connectivity index (χ1v) is 4.39. The SMILES string of the molecule is CCCC(N)(CF)CC(C)C. The molecule has 0 heterocycles. The van der Waals surface area contributed by atoms with Crippen LogP contribution in [0.1, 0.15) is 40.0 Å². The van der Waals surface area contributed by atoms with Crippen molar-refractivity contribution >= 4 is 0 Å². The Morgan fingerprint density at radius 3 is 2.27 bits per heavy atom. The van der Waals surface area contributed by atoms with Crippen LogP contribution in [0.4, 0.5) is 4.39 Å². The predicted octanol–water partition coefficient (Wildman–Crippen LogP) is 2.50. The molecule has 0 saturated heterocycles. The van der Waals surface area contributed by atoms with Crippen molar-refractivity contribution in [3.63, 3.8) is 0 Å². The molecular weight excluding hydrogens is 141 g/mol. The summed E-state index contributed by atoms with van der Waals surface area (Å²) in [6.07, 6.45) is 2.55. The molecule has 0 aromatic heterocycles. The fourth-order valence-electron chi connectivity index (χ4n) is 1.53. The van der Waals surface area contributed by atoms with E-state index >= 15 is 0 Å². The molecule has 0 spiro atoms. The molecule has 0 aliphatic carbocycles. The first-order chi connectivity index (χ1) is 5.04. The second kappa shape index (κ2) is 4.70. The van der Waals surface area contributed by atoms with Crippen LogP contribution in [0.2, 0.25) is 0 Å². The lowest BCUT2D eigenvalue weighted by atomic mass is 9.87. The van der Waals surface area contributed by atoms with Gasteiger partial charge in [-0.1, -0.05) is 27.2 Å². The van der Waals surface area contributed by atoms with Crippen molar-refractivity contribution in [3.05, 3.63) is 0 Å². The Morgan fingerprint density at radius 2 is 2.00 bits per heavy atom. The number of nitrogens with two attached hydrogens (primary N) is 1. The summed E-state index contributed by atoms with van der Waals surface area (Å²) < 4.78 is 12.5. The number of halogens is 1. The zero-order valence-electron chi connectivity index (χ0n) is 7.86. The van der Waals surface area contributed by atoms with E-state index in [2.05, 4.69) is 13.8 Å². The minimum absolute atomic E-state index is 0.390. The molecule has 0 amide bonds. The second-order valence-electron chi connectivity index (χ2n) is 3.84. The van der Waals surface area contributed by atoms with Crippen molar-refractivity contribution in [1.29, 1.82) is 0 Å². The zero-order valence-corrected chi connectivity index (χ0v) is 7.86. The average molecular weight is 161 g/mol. The first kappa shape index (κ1) is 10.9. The van der Waals surface area contributed by atoms with Gasteiger partial charge in [-0.25, -0.2) is 4.39 Å². The molecule has 0 aromatic rings. The van der Waals surface area contributed by atoms with Gasteiger partial charge in [-0.3, -0.25) is 0 Å². The fourth-order valence-corrected chi connectivity index (χ4v) is 1.53. The molecule has 1 atom stereocenters. The van der Waals surface area contributed by atoms with E-state index in [9.17, 15) is 4.39 Å². The van der Waals surface area contributed by atoms with Crippen molar-refractivity contribution in [2.75, 3.05) is 6.67 Å². The highest BCUT2D eigenvalue weighted by molar-refractivity contribution is 4.83. The predicted molar refractivity (Wildman–Crippen MR) is 47.3 cm³/mol. The smallest absolute Gasteiger partial charge is 0.107 e. The summed E-state index contributed by atoms with van der Waals surface area (Å²) in [5.74, 6) is 0.488. The highest BCUT2D eigenvalue weighted by atomic mass is 19.1. The minimum atomic E-state index is -0.553. The molecule has 0 aromatic carbocycles. The Balaban J connectivity index is 3.87. The van der Waals surface area contributed by atoms with E-state index < -0.39 is 5.54 Å². The third-order valence-electron chi connectivity index (χ3n) is 1.83. The fraction of sp³-hybridized carbons (Fsp3) is 1.00. The van der Waals surface area contributed by atoms with Crippen LogP contribution in [-0.2, 0) is 0 Å². The van der Waals surface area contributed by atoms with Gasteiger partial charge in [-0.15, -0.1) is 0 Å². The summed E-state index contributed by atoms with van der Waals surface area (Å²) >= 11 is 0. The lowest BCUT2D eigenvalue weighted by molar-refractivity contribution is 0.244. The Labute approximate surface area is 69.2 Å². The normalized spacial score (nSPS) is 16.9. The molecule has 0 bridgehead atoms. The van der Waals surface area contributed by atoms with Gasteiger partial charge < -0.3 is 5.73 Å². The highest BCUT2D eigenvalue weighted by Gasteiger charge is 2.24. The molecule has 11 heavy (non-hydrogen) atoms. The van der Waals surface area contributed by atoms with E-state index in [1.165, 1.54) is 0 Å². The largest absolute Gasteiger partial charge is 0.323 e. The van der Waals surface area contributed by atoms with Crippen LogP contribution in [0.3, 0.4) is 0 Å². The van der Waals surface area contributed by atoms with Crippen LogP contribution in [0.15, 0.2) is 0 Å². The van der Waals surface area contributed by atoms with Gasteiger partial charge in [0.15, 0.2) is 0 Å². The molecule has 0 aliphatic rings. The molecule has 0 fully saturated rings. The van der Waals surface area contributed by atoms with Crippen molar-refractivity contribution in [3.8, 4) is 0 Å². The molecule has 0 saturated carbocycles. The number of hydrogen-bond donors (Lipinski definition) is 1. The maximum atomic E-state index is 12.5. The van der Waals surface area contributed by atoms with E-state index in [1.54, 1.807) is 0 Å². The Kier molecular flexibility index (Phi) is 4.66. The van der Waals surface area contributed by atoms with Gasteiger partial charge in [0, 0.05) is 5.54 Å². The van der Waals surface area contributed by atoms with E-state index in [0.717, 1.165) is 19.3 Å². The Morgan fingerprint density at radius 1 is 1.45 bits per heavy atom. The summed E-state index contributed by atoms with van der Waals surface area (Å²) in [6.45, 7) is 5.80. The van der Waals surface area contributed by atoms with Crippen molar-refractivity contribution in [2.24, 2.45) is 11.7 Å². The maximum absolute atomic E-state index is 12.5. The summed E-state index contributed by atoms with van der Waals surface area (Å²) in [4.78, 5) is 0. The third-order valence-corrected chi connectivity index (χ3v) is 1.83. The van der Waals surface area contributed by atoms with E-state index in [4.69, 9.17) is 5.73 Å². The molecule has 1 unspecified atom stereocenters. The topological polar surface area (TPSA) is 26.0 Å². The van der Waals surface area contributed by atoms with Crippen LogP contribution in [0, 0.1) is 5.92 Å². The maximum Gasteiger partial charge on any atom is 0.107 e. The van der Waals surface area contributed by atoms with Crippen molar-refractivity contribution in [2.45, 2.75) is 45.6 Å². The molecule has 68 valence electrons. The van der Waals surface area contributed by atoms with Crippen LogP contribution in [0.25, 0.3) is 0 Å². The lowest BCUT2D eigenvalue weighted by Gasteiger charge is -2.27. The number of alkyl halides is 1. The molecule has 2 heteroatoms. The standard InChI is InChI=1S/C9H20FN/c1-4-5-9(11,7-10)6-8(2)3/h8H,4-7,11H2,1-3H3. The van der Waals surface area contributed by atoms with E-state index in [1.807, 2.05) is 6.92 Å². The monoisotopic (exact) mass is 161 g/mol. The van der Waals surface area contributed by atoms with E-state index in [-0.39, 0.29) is 6.67 Å². The van der Waals surface area contributed by atoms with Crippen LogP contribution in [0.5, 0.6) is 0 Å². The van der Waals surface area contributed by atoms with Gasteiger partial charge in [0.2, 0.25) is 0 Å². The minimum Gasteiger partial charge on any atom is -0.323 e. The van der Waals surface area contributed by atoms with Gasteiger partial charge in [0.05, 0.1) is 0 Å². The third kappa shape index (κ3) is 4.35. The van der Waals surface area contributed by atoms with Gasteiger partial charge >= 0.3 is 0 Å². The highest BCUT2D eigenvalue weighted by Crippen LogP contribution is 2.19. The van der Waals surface area contributed by atoms with Crippen LogP contribution >= 0.6 is 0 Å². The molecule has 0 aliphatic heterocycles. The summed E-state index contributed by atoms with van der Waals surface area (Å²) in [7, 11) is 0. The first-order valence-electron chi connectivity index (χ1n) is 4.39. The summed E-state index contributed by atoms with van der Waals surface area (Å²) in [5, 5.41) is 0. The second-order valence-corrected chi connectivity index (χ2v) is 3.84. The zero-order chi connectivity index (χ0) is 8.91. The summed E-state index contributed by atoms with van der Waals surface area (Å²) in [6, 6.07) is 0. The van der Waals surface area contributed by atoms with Gasteiger partial charge in [-0.2, -0.15) is 0 Å². The van der Waals surface area contributed by atoms with Crippen LogP contribution in [-0.4, -0.2) is 12.2 Å². The number of rotatable bonds is 5. The van der Waals surface area contributed by atoms with Crippen molar-refractivity contribution in [1.82, 2.24) is 0 Å².